The Labute approximate surface area is 170 Å². The van der Waals surface area contributed by atoms with Crippen molar-refractivity contribution in [2.75, 3.05) is 19.6 Å². The molecule has 3 fully saturated rings. The lowest BCUT2D eigenvalue weighted by Crippen LogP contribution is -2.60. The average molecular weight is 406 g/mol. The highest BCUT2D eigenvalue weighted by molar-refractivity contribution is 6.34. The highest BCUT2D eigenvalue weighted by Crippen LogP contribution is 2.45. The number of piperidine rings is 3. The Morgan fingerprint density at radius 1 is 1.15 bits per heavy atom. The van der Waals surface area contributed by atoms with E-state index in [1.165, 1.54) is 37.8 Å². The second-order valence-corrected chi connectivity index (χ2v) is 9.22. The van der Waals surface area contributed by atoms with Crippen molar-refractivity contribution in [1.82, 2.24) is 14.8 Å². The van der Waals surface area contributed by atoms with Crippen molar-refractivity contribution in [3.63, 3.8) is 0 Å². The maximum absolute atomic E-state index is 13.3. The fraction of sp³-hybridized carbons (Fsp3) is 0.619. The number of fused-ring (bicyclic) bond motifs is 6. The molecule has 1 aliphatic carbocycles. The zero-order valence-electron chi connectivity index (χ0n) is 15.4. The number of hydrogen-bond acceptors (Lipinski definition) is 3. The number of halogens is 2. The first kappa shape index (κ1) is 18.0. The summed E-state index contributed by atoms with van der Waals surface area (Å²) in [4.78, 5) is 22.2. The Morgan fingerprint density at radius 2 is 2.04 bits per heavy atom. The van der Waals surface area contributed by atoms with Crippen molar-refractivity contribution in [3.05, 3.63) is 39.7 Å². The van der Waals surface area contributed by atoms with Crippen LogP contribution in [-0.4, -0.2) is 52.4 Å². The molecule has 4 nitrogen and oxygen atoms in total. The van der Waals surface area contributed by atoms with E-state index in [9.17, 15) is 4.79 Å². The summed E-state index contributed by atoms with van der Waals surface area (Å²) in [5, 5.41) is 0.525. The van der Waals surface area contributed by atoms with Gasteiger partial charge in [0.15, 0.2) is 0 Å². The molecule has 0 radical (unpaired) electrons. The quantitative estimate of drug-likeness (QED) is 0.512. The number of carbonyl (C=O) groups is 1. The smallest absolute Gasteiger partial charge is 0.257 e. The molecule has 0 saturated carbocycles. The van der Waals surface area contributed by atoms with E-state index in [0.717, 1.165) is 32.0 Å². The summed E-state index contributed by atoms with van der Waals surface area (Å²) in [5.74, 6) is 1.21. The number of nitrogens with zero attached hydrogens (tertiary/aromatic N) is 3. The van der Waals surface area contributed by atoms with E-state index in [0.29, 0.717) is 22.6 Å². The average Bonchev–Trinajstić information content (AvgIpc) is 2.67. The third-order valence-corrected chi connectivity index (χ3v) is 7.46. The van der Waals surface area contributed by atoms with Gasteiger partial charge >= 0.3 is 0 Å². The summed E-state index contributed by atoms with van der Waals surface area (Å²) in [6.07, 6.45) is 9.91. The molecule has 4 unspecified atom stereocenters. The number of hydrogen-bond donors (Lipinski definition) is 0. The van der Waals surface area contributed by atoms with E-state index in [1.54, 1.807) is 12.1 Å². The third-order valence-electron chi connectivity index (χ3n) is 6.96. The van der Waals surface area contributed by atoms with Gasteiger partial charge in [0, 0.05) is 19.1 Å². The number of amides is 1. The molecule has 5 rings (SSSR count). The summed E-state index contributed by atoms with van der Waals surface area (Å²) in [7, 11) is 0. The Balaban J connectivity index is 1.47. The van der Waals surface area contributed by atoms with Crippen LogP contribution >= 0.6 is 23.2 Å². The van der Waals surface area contributed by atoms with Gasteiger partial charge in [-0.15, -0.1) is 0 Å². The van der Waals surface area contributed by atoms with Crippen LogP contribution in [0.1, 0.15) is 48.9 Å². The Kier molecular flexibility index (Phi) is 4.69. The predicted octanol–water partition coefficient (Wildman–Crippen LogP) is 4.42. The molecule has 3 saturated heterocycles. The maximum Gasteiger partial charge on any atom is 0.257 e. The molecule has 4 atom stereocenters. The molecule has 1 aromatic rings. The molecule has 144 valence electrons. The molecule has 27 heavy (non-hydrogen) atoms. The van der Waals surface area contributed by atoms with Crippen LogP contribution < -0.4 is 0 Å². The highest BCUT2D eigenvalue weighted by Gasteiger charge is 2.47. The van der Waals surface area contributed by atoms with Crippen LogP contribution in [-0.2, 0) is 0 Å². The standard InChI is InChI=1S/C21H25Cl2N3O/c22-18-7-6-16(20(23)24-18)21(27)26-9-3-4-13-10-14-11-15(19(13)26)12-25-8-2-1-5-17(14)25/h6-7,10,14-15,17,19H,1-5,8-9,11-12H2. The zero-order valence-corrected chi connectivity index (χ0v) is 16.9. The minimum Gasteiger partial charge on any atom is -0.332 e. The largest absolute Gasteiger partial charge is 0.332 e. The van der Waals surface area contributed by atoms with Gasteiger partial charge in [-0.3, -0.25) is 9.69 Å². The first-order valence-corrected chi connectivity index (χ1v) is 10.9. The molecule has 6 heteroatoms. The lowest BCUT2D eigenvalue weighted by Gasteiger charge is -2.54. The van der Waals surface area contributed by atoms with Crippen molar-refractivity contribution in [1.29, 1.82) is 0 Å². The predicted molar refractivity (Wildman–Crippen MR) is 107 cm³/mol. The van der Waals surface area contributed by atoms with Crippen molar-refractivity contribution < 1.29 is 4.79 Å². The molecule has 2 bridgehead atoms. The first-order valence-electron chi connectivity index (χ1n) is 10.2. The molecule has 1 amide bonds. The molecular formula is C21H25Cl2N3O. The van der Waals surface area contributed by atoms with Gasteiger partial charge in [0.1, 0.15) is 10.3 Å². The number of aromatic nitrogens is 1. The summed E-state index contributed by atoms with van der Waals surface area (Å²) in [6, 6.07) is 4.31. The summed E-state index contributed by atoms with van der Waals surface area (Å²) in [5.41, 5.74) is 1.95. The van der Waals surface area contributed by atoms with E-state index in [-0.39, 0.29) is 17.1 Å². The molecule has 1 aromatic heterocycles. The van der Waals surface area contributed by atoms with E-state index in [1.807, 2.05) is 0 Å². The lowest BCUT2D eigenvalue weighted by atomic mass is 9.68. The van der Waals surface area contributed by atoms with E-state index < -0.39 is 0 Å². The van der Waals surface area contributed by atoms with E-state index >= 15 is 0 Å². The second-order valence-electron chi connectivity index (χ2n) is 8.48. The monoisotopic (exact) mass is 405 g/mol. The zero-order chi connectivity index (χ0) is 18.5. The van der Waals surface area contributed by atoms with Gasteiger partial charge in [-0.25, -0.2) is 4.98 Å². The molecule has 4 aliphatic rings. The van der Waals surface area contributed by atoms with Gasteiger partial charge in [0.05, 0.1) is 11.6 Å². The number of likely N-dealkylation sites (tertiary alicyclic amines) is 1. The fourth-order valence-corrected chi connectivity index (χ4v) is 6.35. The van der Waals surface area contributed by atoms with Crippen molar-refractivity contribution >= 4 is 29.1 Å². The maximum atomic E-state index is 13.3. The van der Waals surface area contributed by atoms with E-state index in [4.69, 9.17) is 23.2 Å². The lowest BCUT2D eigenvalue weighted by molar-refractivity contribution is 0.00147. The first-order chi connectivity index (χ1) is 13.1. The Hall–Kier alpha value is -1.10. The van der Waals surface area contributed by atoms with Crippen LogP contribution in [0, 0.1) is 11.8 Å². The third kappa shape index (κ3) is 3.10. The Bertz CT molecular complexity index is 796. The summed E-state index contributed by atoms with van der Waals surface area (Å²) >= 11 is 12.2. The molecule has 0 N–H and O–H groups in total. The van der Waals surface area contributed by atoms with Crippen molar-refractivity contribution in [2.24, 2.45) is 11.8 Å². The minimum absolute atomic E-state index is 0.000940. The molecule has 4 heterocycles. The molecule has 3 aliphatic heterocycles. The molecule has 0 aromatic carbocycles. The van der Waals surface area contributed by atoms with Gasteiger partial charge in [0.25, 0.3) is 5.91 Å². The van der Waals surface area contributed by atoms with Crippen LogP contribution in [0.15, 0.2) is 23.8 Å². The van der Waals surface area contributed by atoms with Crippen LogP contribution in [0.4, 0.5) is 0 Å². The number of rotatable bonds is 1. The summed E-state index contributed by atoms with van der Waals surface area (Å²) < 4.78 is 0. The SMILES string of the molecule is O=C(c1ccc(Cl)nc1Cl)N1CCCC2=CC3CC(CN4CCCCC34)C21. The van der Waals surface area contributed by atoms with Gasteiger partial charge in [-0.05, 0) is 62.6 Å². The van der Waals surface area contributed by atoms with Crippen LogP contribution in [0.25, 0.3) is 0 Å². The highest BCUT2D eigenvalue weighted by atomic mass is 35.5. The van der Waals surface area contributed by atoms with Crippen LogP contribution in [0.2, 0.25) is 10.3 Å². The Morgan fingerprint density at radius 3 is 2.89 bits per heavy atom. The van der Waals surface area contributed by atoms with Gasteiger partial charge < -0.3 is 4.90 Å². The van der Waals surface area contributed by atoms with Crippen LogP contribution in [0.3, 0.4) is 0 Å². The van der Waals surface area contributed by atoms with Gasteiger partial charge in [0.2, 0.25) is 0 Å². The minimum atomic E-state index is -0.000940. The normalized spacial score (nSPS) is 33.1. The van der Waals surface area contributed by atoms with E-state index in [2.05, 4.69) is 20.9 Å². The second kappa shape index (κ2) is 7.06. The molecule has 0 spiro atoms. The topological polar surface area (TPSA) is 36.4 Å². The number of carbonyl (C=O) groups excluding carboxylic acids is 1. The number of pyridine rings is 1. The van der Waals surface area contributed by atoms with Gasteiger partial charge in [-0.1, -0.05) is 41.3 Å². The van der Waals surface area contributed by atoms with Crippen molar-refractivity contribution in [2.45, 2.75) is 50.6 Å². The van der Waals surface area contributed by atoms with Crippen molar-refractivity contribution in [3.8, 4) is 0 Å². The molecular weight excluding hydrogens is 381 g/mol. The van der Waals surface area contributed by atoms with Crippen LogP contribution in [0.5, 0.6) is 0 Å². The fourth-order valence-electron chi connectivity index (χ4n) is 5.93. The van der Waals surface area contributed by atoms with Gasteiger partial charge in [-0.2, -0.15) is 0 Å². The summed E-state index contributed by atoms with van der Waals surface area (Å²) in [6.45, 7) is 3.14.